The molecule has 0 saturated heterocycles. The van der Waals surface area contributed by atoms with E-state index in [1.807, 2.05) is 0 Å². The fraction of sp³-hybridized carbons (Fsp3) is 0.929. The Morgan fingerprint density at radius 2 is 1.65 bits per heavy atom. The quantitative estimate of drug-likeness (QED) is 0.665. The van der Waals surface area contributed by atoms with Gasteiger partial charge in [0.2, 0.25) is 0 Å². The molecule has 0 amide bonds. The summed E-state index contributed by atoms with van der Waals surface area (Å²) in [4.78, 5) is 5.12. The predicted octanol–water partition coefficient (Wildman–Crippen LogP) is 4.88. The number of rotatable bonds is 3. The topological polar surface area (TPSA) is 12.4 Å². The zero-order valence-corrected chi connectivity index (χ0v) is 13.5. The summed E-state index contributed by atoms with van der Waals surface area (Å²) in [6, 6.07) is 0.688. The van der Waals surface area contributed by atoms with Crippen LogP contribution in [0.15, 0.2) is 4.99 Å². The van der Waals surface area contributed by atoms with E-state index in [9.17, 15) is 0 Å². The number of nitrogens with zero attached hydrogens (tertiary/aromatic N) is 1. The van der Waals surface area contributed by atoms with Gasteiger partial charge in [-0.2, -0.15) is 11.2 Å². The second-order valence-electron chi connectivity index (χ2n) is 6.52. The van der Waals surface area contributed by atoms with Crippen molar-refractivity contribution in [2.75, 3.05) is 0 Å². The molecule has 2 fully saturated rings. The number of hydrogen-bond donors (Lipinski definition) is 0. The first-order valence-corrected chi connectivity index (χ1v) is 12.4. The molecule has 0 N–H and O–H groups in total. The van der Waals surface area contributed by atoms with Gasteiger partial charge in [-0.1, -0.05) is 38.9 Å². The minimum Gasteiger partial charge on any atom is -0.290 e. The second kappa shape index (κ2) is 5.92. The van der Waals surface area contributed by atoms with Crippen LogP contribution in [0.2, 0.25) is 19.6 Å². The molecular formula is C14H27NSSi. The van der Waals surface area contributed by atoms with E-state index in [2.05, 4.69) is 30.9 Å². The minimum absolute atomic E-state index is 0.688. The van der Waals surface area contributed by atoms with Crippen LogP contribution in [0.25, 0.3) is 0 Å². The number of aliphatic imine (C=N–C) groups is 1. The third-order valence-corrected chi connectivity index (χ3v) is 8.16. The van der Waals surface area contributed by atoms with Crippen molar-refractivity contribution in [3.8, 4) is 0 Å². The van der Waals surface area contributed by atoms with Crippen LogP contribution in [-0.4, -0.2) is 24.2 Å². The number of hydrogen-bond acceptors (Lipinski definition) is 2. The van der Waals surface area contributed by atoms with E-state index >= 15 is 0 Å². The maximum absolute atomic E-state index is 5.12. The molecule has 0 bridgehead atoms. The molecule has 0 spiro atoms. The molecular weight excluding hydrogens is 242 g/mol. The van der Waals surface area contributed by atoms with E-state index in [1.54, 1.807) is 5.71 Å². The van der Waals surface area contributed by atoms with Crippen molar-refractivity contribution in [3.63, 3.8) is 0 Å². The van der Waals surface area contributed by atoms with Gasteiger partial charge < -0.3 is 0 Å². The molecule has 0 heterocycles. The highest BCUT2D eigenvalue weighted by Gasteiger charge is 2.28. The zero-order valence-electron chi connectivity index (χ0n) is 11.7. The first-order valence-electron chi connectivity index (χ1n) is 7.29. The smallest absolute Gasteiger partial charge is 0.109 e. The molecule has 3 heteroatoms. The van der Waals surface area contributed by atoms with Gasteiger partial charge in [0.25, 0.3) is 0 Å². The minimum atomic E-state index is -1.01. The highest BCUT2D eigenvalue weighted by atomic mass is 32.4. The van der Waals surface area contributed by atoms with Crippen LogP contribution in [0, 0.1) is 0 Å². The van der Waals surface area contributed by atoms with Crippen LogP contribution in [0.5, 0.6) is 0 Å². The Morgan fingerprint density at radius 1 is 1.00 bits per heavy atom. The molecule has 0 radical (unpaired) electrons. The fourth-order valence-corrected chi connectivity index (χ4v) is 7.71. The van der Waals surface area contributed by atoms with Gasteiger partial charge in [-0.25, -0.2) is 0 Å². The summed E-state index contributed by atoms with van der Waals surface area (Å²) in [5.74, 6) is 0. The average Bonchev–Trinajstić information content (AvgIpc) is 2.71. The normalized spacial score (nSPS) is 30.1. The van der Waals surface area contributed by atoms with Gasteiger partial charge >= 0.3 is 0 Å². The van der Waals surface area contributed by atoms with Gasteiger partial charge in [0.15, 0.2) is 0 Å². The van der Waals surface area contributed by atoms with Crippen molar-refractivity contribution in [1.82, 2.24) is 0 Å². The van der Waals surface area contributed by atoms with Crippen molar-refractivity contribution in [2.45, 2.75) is 82.3 Å². The summed E-state index contributed by atoms with van der Waals surface area (Å²) >= 11 is 2.28. The molecule has 0 aliphatic heterocycles. The monoisotopic (exact) mass is 269 g/mol. The maximum Gasteiger partial charge on any atom is 0.109 e. The van der Waals surface area contributed by atoms with Crippen LogP contribution < -0.4 is 0 Å². The van der Waals surface area contributed by atoms with Crippen LogP contribution in [-0.2, 0) is 0 Å². The molecule has 1 nitrogen and oxygen atoms in total. The van der Waals surface area contributed by atoms with E-state index in [0.717, 1.165) is 5.25 Å². The lowest BCUT2D eigenvalue weighted by Gasteiger charge is -2.29. The summed E-state index contributed by atoms with van der Waals surface area (Å²) in [5.41, 5.74) is 1.58. The third-order valence-electron chi connectivity index (χ3n) is 3.69. The standard InChI is InChI=1S/C14H27NSSi/c1-17(2,3)16-14-11-7-6-10-13(14)15-12-8-4-5-9-12/h12,14H,4-11H2,1-3H3/b15-13+. The SMILES string of the molecule is C[Si](C)(C)SC1CCCC/C1=N\C1CCCC1. The van der Waals surface area contributed by atoms with Crippen LogP contribution in [0.3, 0.4) is 0 Å². The maximum atomic E-state index is 5.12. The van der Waals surface area contributed by atoms with E-state index in [4.69, 9.17) is 4.99 Å². The van der Waals surface area contributed by atoms with Gasteiger partial charge in [-0.3, -0.25) is 4.99 Å². The lowest BCUT2D eigenvalue weighted by atomic mass is 9.97. The lowest BCUT2D eigenvalue weighted by Crippen LogP contribution is -2.30. The van der Waals surface area contributed by atoms with Crippen molar-refractivity contribution >= 4 is 24.1 Å². The van der Waals surface area contributed by atoms with E-state index in [-0.39, 0.29) is 0 Å². The first kappa shape index (κ1) is 13.7. The van der Waals surface area contributed by atoms with Gasteiger partial charge in [0, 0.05) is 17.0 Å². The molecule has 98 valence electrons. The summed E-state index contributed by atoms with van der Waals surface area (Å²) in [7, 11) is -1.01. The van der Waals surface area contributed by atoms with Crippen molar-refractivity contribution < 1.29 is 0 Å². The van der Waals surface area contributed by atoms with E-state index in [1.165, 1.54) is 51.4 Å². The Hall–Kier alpha value is 0.237. The van der Waals surface area contributed by atoms with Gasteiger partial charge in [0.1, 0.15) is 7.22 Å². The largest absolute Gasteiger partial charge is 0.290 e. The highest BCUT2D eigenvalue weighted by molar-refractivity contribution is 8.29. The molecule has 0 aromatic carbocycles. The fourth-order valence-electron chi connectivity index (χ4n) is 2.93. The molecule has 0 aromatic rings. The molecule has 2 rings (SSSR count). The van der Waals surface area contributed by atoms with Crippen molar-refractivity contribution in [1.29, 1.82) is 0 Å². The Kier molecular flexibility index (Phi) is 4.76. The third kappa shape index (κ3) is 4.44. The van der Waals surface area contributed by atoms with E-state index in [0.29, 0.717) is 6.04 Å². The summed E-state index contributed by atoms with van der Waals surface area (Å²) in [6.45, 7) is 7.42. The Morgan fingerprint density at radius 3 is 2.29 bits per heavy atom. The van der Waals surface area contributed by atoms with E-state index < -0.39 is 7.22 Å². The van der Waals surface area contributed by atoms with Gasteiger partial charge in [0.05, 0.1) is 0 Å². The summed E-state index contributed by atoms with van der Waals surface area (Å²) in [5, 5.41) is 0.774. The highest BCUT2D eigenvalue weighted by Crippen LogP contribution is 2.34. The van der Waals surface area contributed by atoms with Crippen molar-refractivity contribution in [2.24, 2.45) is 4.99 Å². The molecule has 0 aromatic heterocycles. The Labute approximate surface area is 112 Å². The molecule has 2 aliphatic carbocycles. The summed E-state index contributed by atoms with van der Waals surface area (Å²) < 4.78 is 0. The summed E-state index contributed by atoms with van der Waals surface area (Å²) in [6.07, 6.45) is 11.0. The molecule has 2 saturated carbocycles. The van der Waals surface area contributed by atoms with Crippen LogP contribution in [0.4, 0.5) is 0 Å². The van der Waals surface area contributed by atoms with Crippen LogP contribution in [0.1, 0.15) is 51.4 Å². The molecule has 1 atom stereocenters. The first-order chi connectivity index (χ1) is 8.04. The lowest BCUT2D eigenvalue weighted by molar-refractivity contribution is 0.648. The van der Waals surface area contributed by atoms with Crippen molar-refractivity contribution in [3.05, 3.63) is 0 Å². The Balaban J connectivity index is 2.00. The average molecular weight is 270 g/mol. The predicted molar refractivity (Wildman–Crippen MR) is 82.9 cm³/mol. The van der Waals surface area contributed by atoms with Gasteiger partial charge in [-0.05, 0) is 32.1 Å². The zero-order chi connectivity index (χ0) is 12.3. The second-order valence-corrected chi connectivity index (χ2v) is 15.9. The molecule has 1 unspecified atom stereocenters. The molecule has 2 aliphatic rings. The van der Waals surface area contributed by atoms with Crippen LogP contribution >= 0.6 is 11.2 Å². The van der Waals surface area contributed by atoms with Gasteiger partial charge in [-0.15, -0.1) is 0 Å². The molecule has 17 heavy (non-hydrogen) atoms. The Bertz CT molecular complexity index is 276.